The van der Waals surface area contributed by atoms with Crippen molar-refractivity contribution in [2.75, 3.05) is 7.11 Å². The first kappa shape index (κ1) is 17.7. The predicted octanol–water partition coefficient (Wildman–Crippen LogP) is 2.58. The lowest BCUT2D eigenvalue weighted by Crippen LogP contribution is -2.29. The topological polar surface area (TPSA) is 97.7 Å². The number of benzene rings is 1. The molecule has 2 N–H and O–H groups in total. The van der Waals surface area contributed by atoms with E-state index in [2.05, 4.69) is 32.6 Å². The molecule has 3 rings (SSSR count). The highest BCUT2D eigenvalue weighted by Gasteiger charge is 2.18. The van der Waals surface area contributed by atoms with Crippen molar-refractivity contribution in [1.29, 1.82) is 0 Å². The van der Waals surface area contributed by atoms with Gasteiger partial charge >= 0.3 is 0 Å². The molecule has 0 aliphatic carbocycles. The number of aromatic nitrogens is 5. The molecule has 0 fully saturated rings. The van der Waals surface area contributed by atoms with Gasteiger partial charge in [-0.05, 0) is 31.5 Å². The van der Waals surface area contributed by atoms with Gasteiger partial charge in [-0.3, -0.25) is 9.89 Å². The van der Waals surface area contributed by atoms with Crippen molar-refractivity contribution in [3.63, 3.8) is 0 Å². The van der Waals surface area contributed by atoms with Gasteiger partial charge in [0.15, 0.2) is 5.82 Å². The Morgan fingerprint density at radius 3 is 3.00 bits per heavy atom. The zero-order valence-corrected chi connectivity index (χ0v) is 15.1. The number of ether oxygens (including phenoxy) is 1. The number of rotatable bonds is 7. The van der Waals surface area contributed by atoms with E-state index in [1.54, 1.807) is 19.5 Å². The highest BCUT2D eigenvalue weighted by atomic mass is 16.5. The van der Waals surface area contributed by atoms with Crippen LogP contribution in [-0.4, -0.2) is 38.0 Å². The second-order valence-corrected chi connectivity index (χ2v) is 5.98. The molecule has 2 heterocycles. The molecule has 0 spiro atoms. The largest absolute Gasteiger partial charge is 0.497 e. The average molecular weight is 354 g/mol. The van der Waals surface area contributed by atoms with Crippen LogP contribution in [0.3, 0.4) is 0 Å². The van der Waals surface area contributed by atoms with E-state index in [-0.39, 0.29) is 11.9 Å². The average Bonchev–Trinajstić information content (AvgIpc) is 3.31. The zero-order valence-electron chi connectivity index (χ0n) is 15.1. The van der Waals surface area contributed by atoms with Crippen LogP contribution in [0, 0.1) is 0 Å². The minimum absolute atomic E-state index is 0.245. The SMILES string of the molecule is CCCn1cnnc1C(C)NC(=O)c1cc(-c2cccc(OC)c2)n[nH]1. The van der Waals surface area contributed by atoms with Gasteiger partial charge in [-0.2, -0.15) is 5.10 Å². The van der Waals surface area contributed by atoms with Crippen LogP contribution in [0.1, 0.15) is 42.6 Å². The number of H-pyrrole nitrogens is 1. The molecule has 1 amide bonds. The van der Waals surface area contributed by atoms with Gasteiger partial charge in [-0.15, -0.1) is 10.2 Å². The van der Waals surface area contributed by atoms with Crippen molar-refractivity contribution < 1.29 is 9.53 Å². The number of amides is 1. The van der Waals surface area contributed by atoms with Crippen LogP contribution in [0.25, 0.3) is 11.3 Å². The number of methoxy groups -OCH3 is 1. The number of carbonyl (C=O) groups excluding carboxylic acids is 1. The highest BCUT2D eigenvalue weighted by molar-refractivity contribution is 5.93. The van der Waals surface area contributed by atoms with Crippen molar-refractivity contribution in [3.05, 3.63) is 48.2 Å². The van der Waals surface area contributed by atoms with E-state index < -0.39 is 0 Å². The van der Waals surface area contributed by atoms with Crippen molar-refractivity contribution in [2.45, 2.75) is 32.9 Å². The van der Waals surface area contributed by atoms with E-state index in [0.29, 0.717) is 11.4 Å². The van der Waals surface area contributed by atoms with Gasteiger partial charge in [0.2, 0.25) is 0 Å². The molecule has 1 aromatic carbocycles. The number of aryl methyl sites for hydroxylation is 1. The summed E-state index contributed by atoms with van der Waals surface area (Å²) >= 11 is 0. The van der Waals surface area contributed by atoms with Crippen LogP contribution in [0.5, 0.6) is 5.75 Å². The maximum absolute atomic E-state index is 12.5. The van der Waals surface area contributed by atoms with Gasteiger partial charge < -0.3 is 14.6 Å². The smallest absolute Gasteiger partial charge is 0.269 e. The van der Waals surface area contributed by atoms with E-state index in [1.807, 2.05) is 35.8 Å². The van der Waals surface area contributed by atoms with Crippen molar-refractivity contribution in [3.8, 4) is 17.0 Å². The summed E-state index contributed by atoms with van der Waals surface area (Å²) < 4.78 is 7.17. The molecule has 0 radical (unpaired) electrons. The van der Waals surface area contributed by atoms with E-state index in [1.165, 1.54) is 0 Å². The van der Waals surface area contributed by atoms with Crippen LogP contribution in [0.4, 0.5) is 0 Å². The van der Waals surface area contributed by atoms with Gasteiger partial charge in [0.1, 0.15) is 17.8 Å². The number of aromatic amines is 1. The number of carbonyl (C=O) groups is 1. The maximum Gasteiger partial charge on any atom is 0.269 e. The summed E-state index contributed by atoms with van der Waals surface area (Å²) in [6.07, 6.45) is 2.65. The van der Waals surface area contributed by atoms with Crippen LogP contribution in [0.2, 0.25) is 0 Å². The number of nitrogens with zero attached hydrogens (tertiary/aromatic N) is 4. The lowest BCUT2D eigenvalue weighted by molar-refractivity contribution is 0.0932. The number of nitrogens with one attached hydrogen (secondary N) is 2. The molecule has 0 bridgehead atoms. The van der Waals surface area contributed by atoms with Gasteiger partial charge in [0.05, 0.1) is 18.8 Å². The third kappa shape index (κ3) is 3.74. The van der Waals surface area contributed by atoms with Gasteiger partial charge in [-0.1, -0.05) is 19.1 Å². The Hall–Kier alpha value is -3.16. The molecule has 0 saturated heterocycles. The molecule has 8 nitrogen and oxygen atoms in total. The third-order valence-corrected chi connectivity index (χ3v) is 4.03. The fraction of sp³-hybridized carbons (Fsp3) is 0.333. The molecule has 3 aromatic rings. The van der Waals surface area contributed by atoms with Crippen LogP contribution in [0.15, 0.2) is 36.7 Å². The number of hydrogen-bond donors (Lipinski definition) is 2. The zero-order chi connectivity index (χ0) is 18.5. The molecule has 8 heteroatoms. The molecule has 26 heavy (non-hydrogen) atoms. The fourth-order valence-electron chi connectivity index (χ4n) is 2.72. The minimum Gasteiger partial charge on any atom is -0.497 e. The molecular weight excluding hydrogens is 332 g/mol. The Kier molecular flexibility index (Phi) is 5.31. The molecular formula is C18H22N6O2. The van der Waals surface area contributed by atoms with Crippen molar-refractivity contribution in [1.82, 2.24) is 30.3 Å². The molecule has 1 atom stereocenters. The molecule has 0 aliphatic heterocycles. The number of hydrogen-bond acceptors (Lipinski definition) is 5. The Morgan fingerprint density at radius 2 is 2.23 bits per heavy atom. The Balaban J connectivity index is 1.72. The summed E-state index contributed by atoms with van der Waals surface area (Å²) in [6, 6.07) is 8.97. The summed E-state index contributed by atoms with van der Waals surface area (Å²) in [5.74, 6) is 1.22. The van der Waals surface area contributed by atoms with Crippen LogP contribution < -0.4 is 10.1 Å². The second-order valence-electron chi connectivity index (χ2n) is 5.98. The van der Waals surface area contributed by atoms with Gasteiger partial charge in [0.25, 0.3) is 5.91 Å². The highest BCUT2D eigenvalue weighted by Crippen LogP contribution is 2.22. The summed E-state index contributed by atoms with van der Waals surface area (Å²) in [7, 11) is 1.61. The van der Waals surface area contributed by atoms with E-state index in [0.717, 1.165) is 30.1 Å². The fourth-order valence-corrected chi connectivity index (χ4v) is 2.72. The molecule has 0 saturated carbocycles. The van der Waals surface area contributed by atoms with Gasteiger partial charge in [0, 0.05) is 12.1 Å². The Labute approximate surface area is 151 Å². The summed E-state index contributed by atoms with van der Waals surface area (Å²) in [5, 5.41) is 18.0. The van der Waals surface area contributed by atoms with Crippen molar-refractivity contribution in [2.24, 2.45) is 0 Å². The molecule has 2 aromatic heterocycles. The molecule has 1 unspecified atom stereocenters. The summed E-state index contributed by atoms with van der Waals surface area (Å²) in [4.78, 5) is 12.5. The normalized spacial score (nSPS) is 12.0. The third-order valence-electron chi connectivity index (χ3n) is 4.03. The second kappa shape index (κ2) is 7.81. The molecule has 136 valence electrons. The Morgan fingerprint density at radius 1 is 1.38 bits per heavy atom. The minimum atomic E-state index is -0.264. The Bertz CT molecular complexity index is 885. The van der Waals surface area contributed by atoms with Crippen LogP contribution in [-0.2, 0) is 6.54 Å². The van der Waals surface area contributed by atoms with E-state index in [4.69, 9.17) is 4.74 Å². The summed E-state index contributed by atoms with van der Waals surface area (Å²) in [5.41, 5.74) is 1.93. The molecule has 0 aliphatic rings. The van der Waals surface area contributed by atoms with Crippen molar-refractivity contribution >= 4 is 5.91 Å². The van der Waals surface area contributed by atoms with E-state index in [9.17, 15) is 4.79 Å². The monoisotopic (exact) mass is 354 g/mol. The lowest BCUT2D eigenvalue weighted by Gasteiger charge is -2.13. The standard InChI is InChI=1S/C18H22N6O2/c1-4-8-24-11-19-23-17(24)12(2)20-18(25)16-10-15(21-22-16)13-6-5-7-14(9-13)26-3/h5-7,9-12H,4,8H2,1-3H3,(H,20,25)(H,21,22). The van der Waals surface area contributed by atoms with Gasteiger partial charge in [-0.25, -0.2) is 0 Å². The van der Waals surface area contributed by atoms with E-state index >= 15 is 0 Å². The first-order valence-electron chi connectivity index (χ1n) is 8.50. The predicted molar refractivity (Wildman–Crippen MR) is 96.8 cm³/mol. The quantitative estimate of drug-likeness (QED) is 0.679. The summed E-state index contributed by atoms with van der Waals surface area (Å²) in [6.45, 7) is 4.78. The maximum atomic E-state index is 12.5. The first-order chi connectivity index (χ1) is 12.6. The first-order valence-corrected chi connectivity index (χ1v) is 8.50. The lowest BCUT2D eigenvalue weighted by atomic mass is 10.1. The van der Waals surface area contributed by atoms with Crippen LogP contribution >= 0.6 is 0 Å².